The smallest absolute Gasteiger partial charge is 0.338 e. The Hall–Kier alpha value is 0.137. The predicted octanol–water partition coefficient (Wildman–Crippen LogP) is 11.9. The molecule has 0 rings (SSSR count). The molecule has 0 spiro atoms. The minimum Gasteiger partial charge on any atom is -0.394 e. The molecule has 0 atom stereocenters. The van der Waals surface area contributed by atoms with Crippen molar-refractivity contribution in [3.05, 3.63) is 0 Å². The summed E-state index contributed by atoms with van der Waals surface area (Å²) in [5.74, 6) is 0. The van der Waals surface area contributed by atoms with Gasteiger partial charge in [0.1, 0.15) is 0 Å². The maximum Gasteiger partial charge on any atom is 0.338 e. The van der Waals surface area contributed by atoms with Crippen molar-refractivity contribution in [2.45, 2.75) is 194 Å². The van der Waals surface area contributed by atoms with E-state index in [4.69, 9.17) is 8.85 Å². The molecule has 0 aliphatic carbocycles. The normalized spacial score (nSPS) is 12.0. The lowest BCUT2D eigenvalue weighted by atomic mass is 10.0. The monoisotopic (exact) mass is 512 g/mol. The van der Waals surface area contributed by atoms with Crippen LogP contribution in [0.25, 0.3) is 0 Å². The van der Waals surface area contributed by atoms with E-state index in [1.54, 1.807) is 0 Å². The van der Waals surface area contributed by atoms with Crippen LogP contribution in [0.2, 0.25) is 12.1 Å². The summed E-state index contributed by atoms with van der Waals surface area (Å²) in [6.07, 6.45) is 33.9. The zero-order valence-corrected chi connectivity index (χ0v) is 26.1. The van der Waals surface area contributed by atoms with Gasteiger partial charge >= 0.3 is 8.56 Å². The van der Waals surface area contributed by atoms with Gasteiger partial charge in [-0.3, -0.25) is 0 Å². The molecule has 0 N–H and O–H groups in total. The number of unbranched alkanes of at least 4 members (excludes halogenated alkanes) is 22. The van der Waals surface area contributed by atoms with E-state index >= 15 is 0 Å². The largest absolute Gasteiger partial charge is 0.394 e. The quantitative estimate of drug-likeness (QED) is 0.0703. The van der Waals surface area contributed by atoms with Crippen LogP contribution in [-0.4, -0.2) is 21.8 Å². The van der Waals surface area contributed by atoms with Gasteiger partial charge in [0.15, 0.2) is 0 Å². The summed E-state index contributed by atoms with van der Waals surface area (Å²) in [7, 11) is -1.99. The molecule has 0 aliphatic rings. The van der Waals surface area contributed by atoms with Crippen molar-refractivity contribution >= 4 is 8.56 Å². The van der Waals surface area contributed by atoms with Crippen LogP contribution in [0.15, 0.2) is 0 Å². The highest BCUT2D eigenvalue weighted by Gasteiger charge is 2.35. The lowest BCUT2D eigenvalue weighted by molar-refractivity contribution is 0.180. The van der Waals surface area contributed by atoms with Gasteiger partial charge in [0.25, 0.3) is 0 Å². The Balaban J connectivity index is 3.79. The van der Waals surface area contributed by atoms with Crippen molar-refractivity contribution in [2.75, 3.05) is 13.2 Å². The summed E-state index contributed by atoms with van der Waals surface area (Å²) in [6.45, 7) is 10.6. The van der Waals surface area contributed by atoms with E-state index in [2.05, 4.69) is 27.7 Å². The Morgan fingerprint density at radius 1 is 0.314 bits per heavy atom. The SMILES string of the molecule is CCCCCCCCCCCCCCCCC[Si](CCCCCCCCCCC)(OCC)OCC. The van der Waals surface area contributed by atoms with Gasteiger partial charge in [0.05, 0.1) is 0 Å². The first-order valence-electron chi connectivity index (χ1n) is 16.5. The summed E-state index contributed by atoms with van der Waals surface area (Å²) in [5.41, 5.74) is 0. The van der Waals surface area contributed by atoms with Gasteiger partial charge in [-0.2, -0.15) is 0 Å². The van der Waals surface area contributed by atoms with Crippen molar-refractivity contribution < 1.29 is 8.85 Å². The standard InChI is InChI=1S/C32H68O2Si/c1-5-9-11-13-15-17-18-19-20-21-22-24-26-28-30-32-35(33-7-3,34-8-4)31-29-27-25-23-16-14-12-10-6-2/h5-32H2,1-4H3. The molecule has 0 aliphatic heterocycles. The fourth-order valence-corrected chi connectivity index (χ4v) is 8.99. The number of hydrogen-bond donors (Lipinski definition) is 0. The van der Waals surface area contributed by atoms with Gasteiger partial charge in [-0.1, -0.05) is 168 Å². The van der Waals surface area contributed by atoms with Gasteiger partial charge in [-0.15, -0.1) is 0 Å². The average Bonchev–Trinajstić information content (AvgIpc) is 2.85. The van der Waals surface area contributed by atoms with Crippen LogP contribution < -0.4 is 0 Å². The van der Waals surface area contributed by atoms with E-state index in [9.17, 15) is 0 Å². The number of hydrogen-bond acceptors (Lipinski definition) is 2. The minimum absolute atomic E-state index is 0.822. The Labute approximate surface area is 224 Å². The molecule has 35 heavy (non-hydrogen) atoms. The van der Waals surface area contributed by atoms with Crippen LogP contribution >= 0.6 is 0 Å². The third kappa shape index (κ3) is 24.2. The van der Waals surface area contributed by atoms with E-state index in [0.717, 1.165) is 13.2 Å². The van der Waals surface area contributed by atoms with Gasteiger partial charge < -0.3 is 8.85 Å². The molecule has 0 heterocycles. The fourth-order valence-electron chi connectivity index (χ4n) is 5.45. The second-order valence-electron chi connectivity index (χ2n) is 11.1. The lowest BCUT2D eigenvalue weighted by Crippen LogP contribution is -2.42. The summed E-state index contributed by atoms with van der Waals surface area (Å²) in [6, 6.07) is 2.42. The Morgan fingerprint density at radius 2 is 0.543 bits per heavy atom. The van der Waals surface area contributed by atoms with Crippen LogP contribution in [0, 0.1) is 0 Å². The van der Waals surface area contributed by atoms with Gasteiger partial charge in [0.2, 0.25) is 0 Å². The van der Waals surface area contributed by atoms with E-state index < -0.39 is 8.56 Å². The molecule has 0 unspecified atom stereocenters. The van der Waals surface area contributed by atoms with Crippen LogP contribution in [0.4, 0.5) is 0 Å². The molecule has 0 aromatic rings. The lowest BCUT2D eigenvalue weighted by Gasteiger charge is -2.30. The van der Waals surface area contributed by atoms with Crippen molar-refractivity contribution in [3.63, 3.8) is 0 Å². The molecule has 0 saturated carbocycles. The first-order chi connectivity index (χ1) is 17.2. The highest BCUT2D eigenvalue weighted by Crippen LogP contribution is 2.26. The topological polar surface area (TPSA) is 18.5 Å². The van der Waals surface area contributed by atoms with Crippen LogP contribution in [0.3, 0.4) is 0 Å². The van der Waals surface area contributed by atoms with Crippen LogP contribution in [-0.2, 0) is 8.85 Å². The van der Waals surface area contributed by atoms with Crippen molar-refractivity contribution in [2.24, 2.45) is 0 Å². The number of rotatable bonds is 30. The summed E-state index contributed by atoms with van der Waals surface area (Å²) in [5, 5.41) is 0. The third-order valence-electron chi connectivity index (χ3n) is 7.64. The second kappa shape index (κ2) is 28.7. The highest BCUT2D eigenvalue weighted by molar-refractivity contribution is 6.67. The summed E-state index contributed by atoms with van der Waals surface area (Å²) in [4.78, 5) is 0. The summed E-state index contributed by atoms with van der Waals surface area (Å²) >= 11 is 0. The molecule has 0 fully saturated rings. The van der Waals surface area contributed by atoms with Gasteiger partial charge in [-0.25, -0.2) is 0 Å². The molecule has 0 aromatic heterocycles. The zero-order valence-electron chi connectivity index (χ0n) is 25.1. The second-order valence-corrected chi connectivity index (χ2v) is 14.5. The Kier molecular flexibility index (Phi) is 28.8. The van der Waals surface area contributed by atoms with Crippen molar-refractivity contribution in [1.82, 2.24) is 0 Å². The van der Waals surface area contributed by atoms with Gasteiger partial charge in [-0.05, 0) is 25.9 Å². The van der Waals surface area contributed by atoms with Crippen molar-refractivity contribution in [3.8, 4) is 0 Å². The molecule has 2 nitrogen and oxygen atoms in total. The molecule has 3 heteroatoms. The molecule has 212 valence electrons. The predicted molar refractivity (Wildman–Crippen MR) is 161 cm³/mol. The van der Waals surface area contributed by atoms with Gasteiger partial charge in [0, 0.05) is 13.2 Å². The third-order valence-corrected chi connectivity index (χ3v) is 11.5. The molecule has 0 bridgehead atoms. The first kappa shape index (κ1) is 35.1. The maximum atomic E-state index is 6.38. The zero-order chi connectivity index (χ0) is 25.7. The van der Waals surface area contributed by atoms with Crippen molar-refractivity contribution in [1.29, 1.82) is 0 Å². The fraction of sp³-hybridized carbons (Fsp3) is 1.00. The Bertz CT molecular complexity index is 382. The van der Waals surface area contributed by atoms with Crippen LogP contribution in [0.1, 0.15) is 182 Å². The molecular weight excluding hydrogens is 444 g/mol. The van der Waals surface area contributed by atoms with Crippen LogP contribution in [0.5, 0.6) is 0 Å². The Morgan fingerprint density at radius 3 is 0.771 bits per heavy atom. The molecular formula is C32H68O2Si. The maximum absolute atomic E-state index is 6.38. The average molecular weight is 513 g/mol. The first-order valence-corrected chi connectivity index (χ1v) is 18.8. The molecule has 0 amide bonds. The van der Waals surface area contributed by atoms with E-state index in [-0.39, 0.29) is 0 Å². The van der Waals surface area contributed by atoms with E-state index in [0.29, 0.717) is 0 Å². The minimum atomic E-state index is -1.99. The van der Waals surface area contributed by atoms with E-state index in [1.165, 1.54) is 166 Å². The molecule has 0 radical (unpaired) electrons. The summed E-state index contributed by atoms with van der Waals surface area (Å²) < 4.78 is 12.8. The molecule has 0 aromatic carbocycles. The highest BCUT2D eigenvalue weighted by atomic mass is 28.4. The van der Waals surface area contributed by atoms with E-state index in [1.807, 2.05) is 0 Å². The molecule has 0 saturated heterocycles.